The molecule has 6 nitrogen and oxygen atoms in total. The van der Waals surface area contributed by atoms with Crippen LogP contribution in [0.25, 0.3) is 0 Å². The van der Waals surface area contributed by atoms with Gasteiger partial charge >= 0.3 is 0 Å². The van der Waals surface area contributed by atoms with Crippen LogP contribution >= 0.6 is 27.5 Å². The average Bonchev–Trinajstić information content (AvgIpc) is 3.49. The molecule has 2 aromatic rings. The van der Waals surface area contributed by atoms with E-state index < -0.39 is 0 Å². The zero-order chi connectivity index (χ0) is 24.0. The molecule has 2 aromatic carbocycles. The van der Waals surface area contributed by atoms with Crippen molar-refractivity contribution >= 4 is 45.6 Å². The second kappa shape index (κ2) is 9.19. The summed E-state index contributed by atoms with van der Waals surface area (Å²) in [6.45, 7) is 4.64. The number of amides is 2. The lowest BCUT2D eigenvalue weighted by Gasteiger charge is -2.17. The number of hydrogen-bond donors (Lipinski definition) is 0. The van der Waals surface area contributed by atoms with E-state index in [1.165, 1.54) is 6.21 Å². The molecule has 0 aromatic heterocycles. The van der Waals surface area contributed by atoms with Gasteiger partial charge in [0.25, 0.3) is 11.8 Å². The molecular formula is C26H24BrClN2O4. The minimum absolute atomic E-state index is 0.141. The van der Waals surface area contributed by atoms with Crippen molar-refractivity contribution in [2.75, 3.05) is 6.61 Å². The van der Waals surface area contributed by atoms with E-state index in [9.17, 15) is 9.59 Å². The predicted octanol–water partition coefficient (Wildman–Crippen LogP) is 5.53. The fourth-order valence-corrected chi connectivity index (χ4v) is 5.83. The maximum atomic E-state index is 12.9. The van der Waals surface area contributed by atoms with Gasteiger partial charge in [-0.25, -0.2) is 0 Å². The van der Waals surface area contributed by atoms with Gasteiger partial charge in [0.05, 0.1) is 24.7 Å². The SMILES string of the molecule is CCOc1cc(C=NN2C(=O)[C@@H]3[C@H](C2=O)[C@H]2C=C[C@H]3C2)c(Br)c(Cl)c1OCc1cccc(C)c1. The van der Waals surface area contributed by atoms with Crippen LogP contribution in [0.15, 0.2) is 52.1 Å². The van der Waals surface area contributed by atoms with E-state index in [1.54, 1.807) is 6.07 Å². The molecular weight excluding hydrogens is 520 g/mol. The van der Waals surface area contributed by atoms with Crippen molar-refractivity contribution in [1.82, 2.24) is 5.01 Å². The van der Waals surface area contributed by atoms with Crippen LogP contribution in [-0.2, 0) is 16.2 Å². The van der Waals surface area contributed by atoms with Crippen molar-refractivity contribution in [3.8, 4) is 11.5 Å². The number of allylic oxidation sites excluding steroid dienone is 2. The van der Waals surface area contributed by atoms with Crippen molar-refractivity contribution in [2.24, 2.45) is 28.8 Å². The molecule has 4 atom stereocenters. The Morgan fingerprint density at radius 1 is 1.15 bits per heavy atom. The number of aryl methyl sites for hydroxylation is 1. The Bertz CT molecular complexity index is 1200. The lowest BCUT2D eigenvalue weighted by Crippen LogP contribution is -2.28. The standard InChI is InChI=1S/C26H24BrClN2O4/c1-3-33-19-11-18(22(27)23(28)24(19)34-13-15-6-4-5-14(2)9-15)12-29-30-25(31)20-16-7-8-17(10-16)21(20)26(30)32/h4-9,11-12,16-17,20-21H,3,10,13H2,1-2H3/t16-,17-,20-,21+/m0/s1. The Morgan fingerprint density at radius 2 is 1.85 bits per heavy atom. The van der Waals surface area contributed by atoms with Gasteiger partial charge in [-0.15, -0.1) is 0 Å². The lowest BCUT2D eigenvalue weighted by molar-refractivity contribution is -0.140. The third-order valence-electron chi connectivity index (χ3n) is 6.68. The van der Waals surface area contributed by atoms with Gasteiger partial charge in [0, 0.05) is 10.0 Å². The number of halogens is 2. The summed E-state index contributed by atoms with van der Waals surface area (Å²) in [7, 11) is 0. The van der Waals surface area contributed by atoms with Crippen LogP contribution in [0, 0.1) is 30.6 Å². The topological polar surface area (TPSA) is 68.2 Å². The van der Waals surface area contributed by atoms with Crippen LogP contribution in [0.5, 0.6) is 11.5 Å². The van der Waals surface area contributed by atoms with Crippen LogP contribution in [0.3, 0.4) is 0 Å². The summed E-state index contributed by atoms with van der Waals surface area (Å²) in [6.07, 6.45) is 6.47. The maximum absolute atomic E-state index is 12.9. The number of rotatable bonds is 7. The molecule has 8 heteroatoms. The molecule has 2 amide bonds. The minimum Gasteiger partial charge on any atom is -0.490 e. The number of hydrogen-bond acceptors (Lipinski definition) is 5. The van der Waals surface area contributed by atoms with Crippen LogP contribution in [0.4, 0.5) is 0 Å². The molecule has 5 rings (SSSR count). The summed E-state index contributed by atoms with van der Waals surface area (Å²) < 4.78 is 12.4. The highest BCUT2D eigenvalue weighted by molar-refractivity contribution is 9.10. The average molecular weight is 544 g/mol. The molecule has 0 unspecified atom stereocenters. The van der Waals surface area contributed by atoms with Crippen molar-refractivity contribution in [2.45, 2.75) is 26.9 Å². The van der Waals surface area contributed by atoms with Gasteiger partial charge in [-0.3, -0.25) is 9.59 Å². The third kappa shape index (κ3) is 3.95. The van der Waals surface area contributed by atoms with Gasteiger partial charge < -0.3 is 9.47 Å². The zero-order valence-electron chi connectivity index (χ0n) is 18.8. The second-order valence-electron chi connectivity index (χ2n) is 8.86. The van der Waals surface area contributed by atoms with E-state index in [-0.39, 0.29) is 35.5 Å². The Kier molecular flexibility index (Phi) is 6.25. The van der Waals surface area contributed by atoms with E-state index in [4.69, 9.17) is 21.1 Å². The lowest BCUT2D eigenvalue weighted by atomic mass is 9.85. The summed E-state index contributed by atoms with van der Waals surface area (Å²) in [4.78, 5) is 25.8. The molecule has 2 fully saturated rings. The number of ether oxygens (including phenoxy) is 2. The van der Waals surface area contributed by atoms with Gasteiger partial charge in [0.15, 0.2) is 11.5 Å². The largest absolute Gasteiger partial charge is 0.490 e. The quantitative estimate of drug-likeness (QED) is 0.262. The summed E-state index contributed by atoms with van der Waals surface area (Å²) in [6, 6.07) is 9.78. The number of carbonyl (C=O) groups is 2. The van der Waals surface area contributed by atoms with E-state index in [2.05, 4.69) is 33.2 Å². The molecule has 0 N–H and O–H groups in total. The number of benzene rings is 2. The molecule has 1 saturated carbocycles. The minimum atomic E-state index is -0.289. The molecule has 0 spiro atoms. The van der Waals surface area contributed by atoms with Gasteiger partial charge in [-0.05, 0) is 59.7 Å². The highest BCUT2D eigenvalue weighted by Crippen LogP contribution is 2.52. The van der Waals surface area contributed by atoms with E-state index in [0.717, 1.165) is 22.6 Å². The highest BCUT2D eigenvalue weighted by atomic mass is 79.9. The number of nitrogens with zero attached hydrogens (tertiary/aromatic N) is 2. The summed E-state index contributed by atoms with van der Waals surface area (Å²) in [5, 5.41) is 5.62. The van der Waals surface area contributed by atoms with Gasteiger partial charge in [0.2, 0.25) is 0 Å². The highest BCUT2D eigenvalue weighted by Gasteiger charge is 2.59. The van der Waals surface area contributed by atoms with Crippen molar-refractivity contribution in [1.29, 1.82) is 0 Å². The Labute approximate surface area is 211 Å². The molecule has 2 bridgehead atoms. The first-order valence-corrected chi connectivity index (χ1v) is 12.5. The Morgan fingerprint density at radius 3 is 2.50 bits per heavy atom. The fourth-order valence-electron chi connectivity index (χ4n) is 5.17. The summed E-state index contributed by atoms with van der Waals surface area (Å²) in [5.41, 5.74) is 2.74. The molecule has 34 heavy (non-hydrogen) atoms. The molecule has 1 heterocycles. The Hall–Kier alpha value is -2.64. The monoisotopic (exact) mass is 542 g/mol. The molecule has 1 saturated heterocycles. The zero-order valence-corrected chi connectivity index (χ0v) is 21.2. The van der Waals surface area contributed by atoms with Crippen molar-refractivity contribution in [3.05, 3.63) is 68.7 Å². The van der Waals surface area contributed by atoms with E-state index >= 15 is 0 Å². The summed E-state index contributed by atoms with van der Waals surface area (Å²) in [5.74, 6) is 0.125. The van der Waals surface area contributed by atoms with Crippen LogP contribution in [-0.4, -0.2) is 29.6 Å². The molecule has 176 valence electrons. The van der Waals surface area contributed by atoms with Crippen LogP contribution < -0.4 is 9.47 Å². The molecule has 1 aliphatic heterocycles. The number of hydrazone groups is 1. The van der Waals surface area contributed by atoms with E-state index in [0.29, 0.717) is 39.8 Å². The first-order valence-electron chi connectivity index (χ1n) is 11.3. The summed E-state index contributed by atoms with van der Waals surface area (Å²) >= 11 is 10.2. The smallest absolute Gasteiger partial charge is 0.254 e. The second-order valence-corrected chi connectivity index (χ2v) is 10.0. The maximum Gasteiger partial charge on any atom is 0.254 e. The number of carbonyl (C=O) groups excluding carboxylic acids is 2. The first-order chi connectivity index (χ1) is 16.4. The van der Waals surface area contributed by atoms with Gasteiger partial charge in [-0.1, -0.05) is 53.6 Å². The van der Waals surface area contributed by atoms with Crippen LogP contribution in [0.2, 0.25) is 5.02 Å². The fraction of sp³-hybridized carbons (Fsp3) is 0.346. The third-order valence-corrected chi connectivity index (χ3v) is 8.12. The number of fused-ring (bicyclic) bond motifs is 5. The van der Waals surface area contributed by atoms with Crippen molar-refractivity contribution < 1.29 is 19.1 Å². The van der Waals surface area contributed by atoms with Crippen molar-refractivity contribution in [3.63, 3.8) is 0 Å². The predicted molar refractivity (Wildman–Crippen MR) is 133 cm³/mol. The van der Waals surface area contributed by atoms with Gasteiger partial charge in [0.1, 0.15) is 11.6 Å². The molecule has 3 aliphatic rings. The number of imide groups is 1. The molecule has 2 aliphatic carbocycles. The molecule has 0 radical (unpaired) electrons. The first kappa shape index (κ1) is 23.1. The van der Waals surface area contributed by atoms with Crippen LogP contribution in [0.1, 0.15) is 30.0 Å². The van der Waals surface area contributed by atoms with Gasteiger partial charge in [-0.2, -0.15) is 10.1 Å². The van der Waals surface area contributed by atoms with E-state index in [1.807, 2.05) is 38.1 Å². The normalized spacial score (nSPS) is 25.0. The Balaban J connectivity index is 1.39.